The summed E-state index contributed by atoms with van der Waals surface area (Å²) in [5, 5.41) is 6.83. The minimum atomic E-state index is -3.23. The molecule has 0 atom stereocenters. The third kappa shape index (κ3) is 8.22. The van der Waals surface area contributed by atoms with E-state index in [-0.39, 0.29) is 29.7 Å². The number of guanidine groups is 1. The number of hydrogen-bond donors (Lipinski definition) is 3. The molecule has 0 unspecified atom stereocenters. The maximum absolute atomic E-state index is 11.6. The van der Waals surface area contributed by atoms with E-state index in [0.717, 1.165) is 23.6 Å². The summed E-state index contributed by atoms with van der Waals surface area (Å²) in [6.07, 6.45) is 6.32. The van der Waals surface area contributed by atoms with Crippen LogP contribution in [0.25, 0.3) is 0 Å². The highest BCUT2D eigenvalue weighted by molar-refractivity contribution is 14.0. The molecule has 1 aromatic carbocycles. The average molecular weight is 494 g/mol. The molecule has 0 saturated heterocycles. The number of aliphatic imine (C=N–C) groups is 1. The summed E-state index contributed by atoms with van der Waals surface area (Å²) in [5.74, 6) is 0.857. The molecular formula is C18H31IN4O2S. The quantitative estimate of drug-likeness (QED) is 0.309. The van der Waals surface area contributed by atoms with Gasteiger partial charge in [-0.1, -0.05) is 43.5 Å². The van der Waals surface area contributed by atoms with Gasteiger partial charge in [0, 0.05) is 12.6 Å². The van der Waals surface area contributed by atoms with Gasteiger partial charge in [-0.3, -0.25) is 0 Å². The molecule has 2 rings (SSSR count). The summed E-state index contributed by atoms with van der Waals surface area (Å²) >= 11 is 0. The molecule has 1 aromatic rings. The minimum absolute atomic E-state index is 0. The molecule has 0 spiro atoms. The molecule has 1 fully saturated rings. The van der Waals surface area contributed by atoms with Gasteiger partial charge in [-0.25, -0.2) is 18.1 Å². The van der Waals surface area contributed by atoms with E-state index in [9.17, 15) is 8.42 Å². The van der Waals surface area contributed by atoms with Crippen LogP contribution in [0.4, 0.5) is 0 Å². The van der Waals surface area contributed by atoms with Gasteiger partial charge in [-0.05, 0) is 37.9 Å². The summed E-state index contributed by atoms with van der Waals surface area (Å²) in [6.45, 7) is 3.47. The first-order chi connectivity index (χ1) is 12.0. The van der Waals surface area contributed by atoms with E-state index in [1.54, 1.807) is 0 Å². The second kappa shape index (κ2) is 11.8. The van der Waals surface area contributed by atoms with E-state index in [2.05, 4.69) is 27.3 Å². The van der Waals surface area contributed by atoms with Crippen LogP contribution in [0.2, 0.25) is 0 Å². The highest BCUT2D eigenvalue weighted by Gasteiger charge is 2.14. The Morgan fingerprint density at radius 3 is 2.31 bits per heavy atom. The molecule has 1 aliphatic carbocycles. The Labute approximate surface area is 174 Å². The summed E-state index contributed by atoms with van der Waals surface area (Å²) in [7, 11) is -1.80. The first-order valence-electron chi connectivity index (χ1n) is 9.06. The topological polar surface area (TPSA) is 82.6 Å². The van der Waals surface area contributed by atoms with Gasteiger partial charge < -0.3 is 10.6 Å². The molecule has 3 N–H and O–H groups in total. The summed E-state index contributed by atoms with van der Waals surface area (Å²) in [6, 6.07) is 8.09. The fourth-order valence-corrected chi connectivity index (χ4v) is 3.74. The van der Waals surface area contributed by atoms with Crippen LogP contribution in [0.3, 0.4) is 0 Å². The molecule has 0 radical (unpaired) electrons. The summed E-state index contributed by atoms with van der Waals surface area (Å²) in [5.41, 5.74) is 1.83. The van der Waals surface area contributed by atoms with E-state index in [1.807, 2.05) is 24.3 Å². The van der Waals surface area contributed by atoms with Gasteiger partial charge in [-0.2, -0.15) is 0 Å². The van der Waals surface area contributed by atoms with Crippen molar-refractivity contribution in [1.29, 1.82) is 0 Å². The van der Waals surface area contributed by atoms with Crippen LogP contribution in [-0.4, -0.2) is 34.0 Å². The lowest BCUT2D eigenvalue weighted by Crippen LogP contribution is -2.44. The molecule has 26 heavy (non-hydrogen) atoms. The van der Waals surface area contributed by atoms with Crippen LogP contribution in [0, 0.1) is 0 Å². The van der Waals surface area contributed by atoms with Crippen molar-refractivity contribution < 1.29 is 8.42 Å². The first kappa shape index (κ1) is 23.2. The van der Waals surface area contributed by atoms with Crippen molar-refractivity contribution in [3.8, 4) is 0 Å². The molecular weight excluding hydrogens is 463 g/mol. The van der Waals surface area contributed by atoms with Crippen LogP contribution in [0.1, 0.15) is 50.2 Å². The summed E-state index contributed by atoms with van der Waals surface area (Å²) < 4.78 is 25.5. The molecule has 0 heterocycles. The molecule has 0 aromatic heterocycles. The van der Waals surface area contributed by atoms with Crippen LogP contribution in [0.5, 0.6) is 0 Å². The standard InChI is InChI=1S/C18H30N4O2S.HI/c1-3-20-18(22-17-7-5-4-6-8-17)21-13-15-9-11-16(12-10-15)14-25(23,24)19-2;/h9-12,17,19H,3-8,13-14H2,1-2H3,(H2,20,21,22);1H. The van der Waals surface area contributed by atoms with Gasteiger partial charge in [0.15, 0.2) is 5.96 Å². The predicted molar refractivity (Wildman–Crippen MR) is 118 cm³/mol. The third-order valence-corrected chi connectivity index (χ3v) is 5.74. The van der Waals surface area contributed by atoms with Crippen molar-refractivity contribution in [2.75, 3.05) is 13.6 Å². The van der Waals surface area contributed by atoms with Crippen molar-refractivity contribution in [1.82, 2.24) is 15.4 Å². The number of halogens is 1. The second-order valence-corrected chi connectivity index (χ2v) is 8.38. The predicted octanol–water partition coefficient (Wildman–Crippen LogP) is 2.74. The van der Waals surface area contributed by atoms with Crippen LogP contribution >= 0.6 is 24.0 Å². The van der Waals surface area contributed by atoms with E-state index < -0.39 is 10.0 Å². The lowest BCUT2D eigenvalue weighted by atomic mass is 9.96. The van der Waals surface area contributed by atoms with E-state index in [4.69, 9.17) is 0 Å². The van der Waals surface area contributed by atoms with E-state index in [1.165, 1.54) is 39.2 Å². The maximum atomic E-state index is 11.6. The maximum Gasteiger partial charge on any atom is 0.215 e. The highest BCUT2D eigenvalue weighted by atomic mass is 127. The molecule has 148 valence electrons. The van der Waals surface area contributed by atoms with E-state index in [0.29, 0.717) is 12.6 Å². The Kier molecular flexibility index (Phi) is 10.5. The molecule has 8 heteroatoms. The smallest absolute Gasteiger partial charge is 0.215 e. The lowest BCUT2D eigenvalue weighted by Gasteiger charge is -2.24. The van der Waals surface area contributed by atoms with Crippen molar-refractivity contribution in [2.24, 2.45) is 4.99 Å². The highest BCUT2D eigenvalue weighted by Crippen LogP contribution is 2.17. The Morgan fingerprint density at radius 2 is 1.73 bits per heavy atom. The molecule has 6 nitrogen and oxygen atoms in total. The average Bonchev–Trinajstić information content (AvgIpc) is 2.62. The number of benzene rings is 1. The number of sulfonamides is 1. The monoisotopic (exact) mass is 494 g/mol. The largest absolute Gasteiger partial charge is 0.357 e. The van der Waals surface area contributed by atoms with Gasteiger partial charge in [-0.15, -0.1) is 24.0 Å². The Balaban J connectivity index is 0.00000338. The minimum Gasteiger partial charge on any atom is -0.357 e. The Hall–Kier alpha value is -0.870. The van der Waals surface area contributed by atoms with Crippen molar-refractivity contribution in [3.63, 3.8) is 0 Å². The molecule has 0 amide bonds. The van der Waals surface area contributed by atoms with Crippen molar-refractivity contribution >= 4 is 40.0 Å². The number of hydrogen-bond acceptors (Lipinski definition) is 3. The molecule has 1 aliphatic rings. The Bertz CT molecular complexity index is 656. The van der Waals surface area contributed by atoms with Gasteiger partial charge >= 0.3 is 0 Å². The van der Waals surface area contributed by atoms with Crippen LogP contribution in [0.15, 0.2) is 29.3 Å². The second-order valence-electron chi connectivity index (χ2n) is 6.45. The van der Waals surface area contributed by atoms with Crippen LogP contribution < -0.4 is 15.4 Å². The molecule has 1 saturated carbocycles. The van der Waals surface area contributed by atoms with Gasteiger partial charge in [0.1, 0.15) is 0 Å². The summed E-state index contributed by atoms with van der Waals surface area (Å²) in [4.78, 5) is 4.66. The Morgan fingerprint density at radius 1 is 1.12 bits per heavy atom. The number of nitrogens with zero attached hydrogens (tertiary/aromatic N) is 1. The third-order valence-electron chi connectivity index (χ3n) is 4.40. The molecule has 0 aliphatic heterocycles. The number of rotatable bonds is 7. The fourth-order valence-electron chi connectivity index (χ4n) is 2.96. The zero-order valence-corrected chi connectivity index (χ0v) is 18.8. The van der Waals surface area contributed by atoms with Crippen molar-refractivity contribution in [3.05, 3.63) is 35.4 Å². The van der Waals surface area contributed by atoms with Crippen LogP contribution in [-0.2, 0) is 22.3 Å². The molecule has 0 bridgehead atoms. The first-order valence-corrected chi connectivity index (χ1v) is 10.7. The van der Waals surface area contributed by atoms with Gasteiger partial charge in [0.05, 0.1) is 12.3 Å². The zero-order chi connectivity index (χ0) is 18.1. The lowest BCUT2D eigenvalue weighted by molar-refractivity contribution is 0.410. The van der Waals surface area contributed by atoms with Gasteiger partial charge in [0.25, 0.3) is 0 Å². The fraction of sp³-hybridized carbons (Fsp3) is 0.611. The van der Waals surface area contributed by atoms with E-state index >= 15 is 0 Å². The normalized spacial score (nSPS) is 16.0. The zero-order valence-electron chi connectivity index (χ0n) is 15.6. The van der Waals surface area contributed by atoms with Gasteiger partial charge in [0.2, 0.25) is 10.0 Å². The van der Waals surface area contributed by atoms with Crippen molar-refractivity contribution in [2.45, 2.75) is 57.4 Å². The number of nitrogens with one attached hydrogen (secondary N) is 3. The SMILES string of the molecule is CCNC(=NCc1ccc(CS(=O)(=O)NC)cc1)NC1CCCCC1.I.